The van der Waals surface area contributed by atoms with Crippen molar-refractivity contribution in [3.63, 3.8) is 0 Å². The fourth-order valence-corrected chi connectivity index (χ4v) is 1.92. The number of carbonyl (C=O) groups is 2. The summed E-state index contributed by atoms with van der Waals surface area (Å²) in [6.45, 7) is 4.41. The highest BCUT2D eigenvalue weighted by atomic mass is 16.5. The molecule has 0 fully saturated rings. The van der Waals surface area contributed by atoms with E-state index in [9.17, 15) is 9.59 Å². The standard InChI is InChI=1S/C14H22N2O4/c1-9(13(17)15-3)8-16(4)10(2)11-6-7-12(20-11)14(18)19-5/h6-7,9-10H,8H2,1-5H3,(H,15,17). The van der Waals surface area contributed by atoms with E-state index in [-0.39, 0.29) is 23.6 Å². The Morgan fingerprint density at radius 2 is 2.05 bits per heavy atom. The molecule has 0 aromatic carbocycles. The van der Waals surface area contributed by atoms with Crippen LogP contribution in [0.2, 0.25) is 0 Å². The molecular weight excluding hydrogens is 260 g/mol. The summed E-state index contributed by atoms with van der Waals surface area (Å²) in [7, 11) is 4.84. The SMILES string of the molecule is CNC(=O)C(C)CN(C)C(C)c1ccc(C(=O)OC)o1. The van der Waals surface area contributed by atoms with Gasteiger partial charge >= 0.3 is 5.97 Å². The fraction of sp³-hybridized carbons (Fsp3) is 0.571. The molecule has 2 atom stereocenters. The molecule has 1 rings (SSSR count). The average molecular weight is 282 g/mol. The zero-order valence-corrected chi connectivity index (χ0v) is 12.6. The fourth-order valence-electron chi connectivity index (χ4n) is 1.92. The van der Waals surface area contributed by atoms with Crippen LogP contribution < -0.4 is 5.32 Å². The van der Waals surface area contributed by atoms with E-state index >= 15 is 0 Å². The van der Waals surface area contributed by atoms with Crippen LogP contribution in [-0.4, -0.2) is 44.5 Å². The number of hydrogen-bond donors (Lipinski definition) is 1. The van der Waals surface area contributed by atoms with Crippen LogP contribution in [0.4, 0.5) is 0 Å². The van der Waals surface area contributed by atoms with Crippen LogP contribution in [0.3, 0.4) is 0 Å². The topological polar surface area (TPSA) is 71.8 Å². The summed E-state index contributed by atoms with van der Waals surface area (Å²) < 4.78 is 10.1. The van der Waals surface area contributed by atoms with Gasteiger partial charge < -0.3 is 14.5 Å². The maximum absolute atomic E-state index is 11.5. The molecule has 1 heterocycles. The molecule has 1 aromatic rings. The van der Waals surface area contributed by atoms with E-state index < -0.39 is 5.97 Å². The summed E-state index contributed by atoms with van der Waals surface area (Å²) in [5.74, 6) is 0.227. The van der Waals surface area contributed by atoms with Gasteiger partial charge in [-0.25, -0.2) is 4.79 Å². The molecular formula is C14H22N2O4. The second-order valence-electron chi connectivity index (χ2n) is 4.82. The van der Waals surface area contributed by atoms with Gasteiger partial charge in [0.15, 0.2) is 0 Å². The first kappa shape index (κ1) is 16.2. The molecule has 112 valence electrons. The smallest absolute Gasteiger partial charge is 0.373 e. The molecule has 2 unspecified atom stereocenters. The zero-order valence-electron chi connectivity index (χ0n) is 12.6. The molecule has 0 saturated heterocycles. The maximum Gasteiger partial charge on any atom is 0.373 e. The molecule has 0 radical (unpaired) electrons. The minimum Gasteiger partial charge on any atom is -0.463 e. The second kappa shape index (κ2) is 7.09. The minimum atomic E-state index is -0.496. The monoisotopic (exact) mass is 282 g/mol. The molecule has 0 spiro atoms. The number of furan rings is 1. The summed E-state index contributed by atoms with van der Waals surface area (Å²) in [6, 6.07) is 3.30. The number of ether oxygens (including phenoxy) is 1. The molecule has 0 saturated carbocycles. The average Bonchev–Trinajstić information content (AvgIpc) is 2.94. The van der Waals surface area contributed by atoms with Gasteiger partial charge in [-0.05, 0) is 26.1 Å². The van der Waals surface area contributed by atoms with Crippen molar-refractivity contribution in [1.82, 2.24) is 10.2 Å². The van der Waals surface area contributed by atoms with Crippen LogP contribution in [0.5, 0.6) is 0 Å². The number of carbonyl (C=O) groups excluding carboxylic acids is 2. The van der Waals surface area contributed by atoms with Crippen molar-refractivity contribution in [1.29, 1.82) is 0 Å². The van der Waals surface area contributed by atoms with E-state index in [0.717, 1.165) is 0 Å². The summed E-state index contributed by atoms with van der Waals surface area (Å²) in [5.41, 5.74) is 0. The van der Waals surface area contributed by atoms with Crippen LogP contribution in [-0.2, 0) is 9.53 Å². The summed E-state index contributed by atoms with van der Waals surface area (Å²) >= 11 is 0. The first-order chi connectivity index (χ1) is 9.40. The lowest BCUT2D eigenvalue weighted by Crippen LogP contribution is -2.35. The lowest BCUT2D eigenvalue weighted by atomic mass is 10.1. The summed E-state index contributed by atoms with van der Waals surface area (Å²) in [5, 5.41) is 2.63. The molecule has 1 amide bonds. The van der Waals surface area contributed by atoms with Crippen molar-refractivity contribution >= 4 is 11.9 Å². The van der Waals surface area contributed by atoms with Crippen molar-refractivity contribution in [3.8, 4) is 0 Å². The number of esters is 1. The lowest BCUT2D eigenvalue weighted by molar-refractivity contribution is -0.124. The number of nitrogens with zero attached hydrogens (tertiary/aromatic N) is 1. The molecule has 6 heteroatoms. The Bertz CT molecular complexity index is 469. The molecule has 0 aliphatic rings. The Morgan fingerprint density at radius 3 is 2.60 bits per heavy atom. The van der Waals surface area contributed by atoms with Gasteiger partial charge in [0.1, 0.15) is 5.76 Å². The third-order valence-corrected chi connectivity index (χ3v) is 3.34. The highest BCUT2D eigenvalue weighted by molar-refractivity contribution is 5.86. The van der Waals surface area contributed by atoms with Gasteiger partial charge in [0, 0.05) is 19.5 Å². The van der Waals surface area contributed by atoms with E-state index in [0.29, 0.717) is 12.3 Å². The zero-order chi connectivity index (χ0) is 15.3. The van der Waals surface area contributed by atoms with Crippen molar-refractivity contribution in [3.05, 3.63) is 23.7 Å². The number of rotatable bonds is 6. The van der Waals surface area contributed by atoms with Gasteiger partial charge in [-0.2, -0.15) is 0 Å². The third-order valence-electron chi connectivity index (χ3n) is 3.34. The summed E-state index contributed by atoms with van der Waals surface area (Å²) in [6.07, 6.45) is 0. The maximum atomic E-state index is 11.5. The first-order valence-electron chi connectivity index (χ1n) is 6.50. The van der Waals surface area contributed by atoms with Gasteiger partial charge in [0.2, 0.25) is 11.7 Å². The number of amides is 1. The Kier molecular flexibility index (Phi) is 5.76. The number of nitrogens with one attached hydrogen (secondary N) is 1. The molecule has 6 nitrogen and oxygen atoms in total. The quantitative estimate of drug-likeness (QED) is 0.799. The third kappa shape index (κ3) is 3.84. The lowest BCUT2D eigenvalue weighted by Gasteiger charge is -2.25. The molecule has 20 heavy (non-hydrogen) atoms. The van der Waals surface area contributed by atoms with E-state index in [1.165, 1.54) is 7.11 Å². The molecule has 0 bridgehead atoms. The first-order valence-corrected chi connectivity index (χ1v) is 6.50. The largest absolute Gasteiger partial charge is 0.463 e. The van der Waals surface area contributed by atoms with Gasteiger partial charge in [0.25, 0.3) is 0 Å². The highest BCUT2D eigenvalue weighted by Crippen LogP contribution is 2.22. The van der Waals surface area contributed by atoms with E-state index in [4.69, 9.17) is 4.42 Å². The van der Waals surface area contributed by atoms with Gasteiger partial charge in [-0.15, -0.1) is 0 Å². The van der Waals surface area contributed by atoms with Crippen LogP contribution in [0, 0.1) is 5.92 Å². The molecule has 0 aliphatic heterocycles. The Balaban J connectivity index is 2.69. The molecule has 0 aliphatic carbocycles. The van der Waals surface area contributed by atoms with Crippen LogP contribution >= 0.6 is 0 Å². The normalized spacial score (nSPS) is 13.9. The van der Waals surface area contributed by atoms with Crippen LogP contribution in [0.15, 0.2) is 16.5 Å². The second-order valence-corrected chi connectivity index (χ2v) is 4.82. The van der Waals surface area contributed by atoms with Crippen LogP contribution in [0.1, 0.15) is 36.2 Å². The van der Waals surface area contributed by atoms with E-state index in [1.807, 2.05) is 25.8 Å². The van der Waals surface area contributed by atoms with Gasteiger partial charge in [-0.3, -0.25) is 9.69 Å². The predicted octanol–water partition coefficient (Wildman–Crippen LogP) is 1.44. The minimum absolute atomic E-state index is 0.00116. The van der Waals surface area contributed by atoms with Crippen LogP contribution in [0.25, 0.3) is 0 Å². The Morgan fingerprint density at radius 1 is 1.40 bits per heavy atom. The van der Waals surface area contributed by atoms with Gasteiger partial charge in [0.05, 0.1) is 13.2 Å². The van der Waals surface area contributed by atoms with E-state index in [1.54, 1.807) is 19.2 Å². The van der Waals surface area contributed by atoms with Crippen molar-refractivity contribution in [2.75, 3.05) is 27.7 Å². The van der Waals surface area contributed by atoms with Gasteiger partial charge in [-0.1, -0.05) is 6.92 Å². The predicted molar refractivity (Wildman–Crippen MR) is 74.3 cm³/mol. The Labute approximate surface area is 119 Å². The summed E-state index contributed by atoms with van der Waals surface area (Å²) in [4.78, 5) is 24.9. The molecule has 1 N–H and O–H groups in total. The number of hydrogen-bond acceptors (Lipinski definition) is 5. The Hall–Kier alpha value is -1.82. The molecule has 1 aromatic heterocycles. The van der Waals surface area contributed by atoms with Crippen molar-refractivity contribution < 1.29 is 18.7 Å². The van der Waals surface area contributed by atoms with E-state index in [2.05, 4.69) is 10.1 Å². The number of methoxy groups -OCH3 is 1. The van der Waals surface area contributed by atoms with Crippen molar-refractivity contribution in [2.45, 2.75) is 19.9 Å². The van der Waals surface area contributed by atoms with Crippen molar-refractivity contribution in [2.24, 2.45) is 5.92 Å². The highest BCUT2D eigenvalue weighted by Gasteiger charge is 2.21.